The molecule has 94 valence electrons. The van der Waals surface area contributed by atoms with E-state index in [-0.39, 0.29) is 0 Å². The molecule has 0 aliphatic heterocycles. The summed E-state index contributed by atoms with van der Waals surface area (Å²) in [4.78, 5) is 11.0. The Morgan fingerprint density at radius 3 is 2.53 bits per heavy atom. The predicted octanol–water partition coefficient (Wildman–Crippen LogP) is 3.46. The van der Waals surface area contributed by atoms with Crippen LogP contribution in [0.1, 0.15) is 0 Å². The summed E-state index contributed by atoms with van der Waals surface area (Å²) < 4.78 is 16.9. The maximum absolute atomic E-state index is 9.88. The predicted molar refractivity (Wildman–Crippen MR) is 66.7 cm³/mol. The van der Waals surface area contributed by atoms with Crippen molar-refractivity contribution in [2.45, 2.75) is 0 Å². The van der Waals surface area contributed by atoms with Crippen molar-refractivity contribution in [2.75, 3.05) is 0 Å². The van der Waals surface area contributed by atoms with Crippen LogP contribution in [-0.4, -0.2) is 15.0 Å². The molecule has 2 aromatic rings. The Morgan fingerprint density at radius 2 is 2.06 bits per heavy atom. The second-order valence-electron chi connectivity index (χ2n) is 2.83. The summed E-state index contributed by atoms with van der Waals surface area (Å²) >= 11 is 6.63. The first kappa shape index (κ1) is 14.5. The van der Waals surface area contributed by atoms with Gasteiger partial charge in [-0.15, -0.1) is 0 Å². The Hall–Kier alpha value is -0.560. The fraction of sp³-hybridized carbons (Fsp3) is 0. The van der Waals surface area contributed by atoms with Crippen molar-refractivity contribution in [3.8, 4) is 5.75 Å². The SMILES string of the molecule is O=P(O)(OCl)OBr.Oc1c[nH]c2ccccc12. The van der Waals surface area contributed by atoms with Gasteiger partial charge in [0.2, 0.25) is 0 Å². The monoisotopic (exact) mass is 343 g/mol. The number of benzene rings is 1. The summed E-state index contributed by atoms with van der Waals surface area (Å²) in [6.07, 6.45) is 1.59. The lowest BCUT2D eigenvalue weighted by atomic mass is 10.2. The van der Waals surface area contributed by atoms with E-state index in [1.165, 1.54) is 0 Å². The molecule has 2 rings (SSSR count). The number of phosphoric acid groups is 1. The number of aromatic hydroxyl groups is 1. The Kier molecular flexibility index (Phi) is 5.45. The van der Waals surface area contributed by atoms with Crippen LogP contribution in [0, 0.1) is 0 Å². The number of aromatic amines is 1. The molecule has 0 radical (unpaired) electrons. The van der Waals surface area contributed by atoms with Crippen LogP contribution in [0.4, 0.5) is 0 Å². The minimum absolute atomic E-state index is 0.315. The van der Waals surface area contributed by atoms with Gasteiger partial charge in [0.25, 0.3) is 0 Å². The molecule has 0 spiro atoms. The van der Waals surface area contributed by atoms with Crippen molar-refractivity contribution < 1.29 is 22.3 Å². The maximum Gasteiger partial charge on any atom is 0.499 e. The highest BCUT2D eigenvalue weighted by atomic mass is 79.9. The van der Waals surface area contributed by atoms with E-state index in [1.807, 2.05) is 24.3 Å². The van der Waals surface area contributed by atoms with E-state index in [0.29, 0.717) is 5.75 Å². The molecule has 0 amide bonds. The smallest absolute Gasteiger partial charge is 0.499 e. The summed E-state index contributed by atoms with van der Waals surface area (Å²) in [5.74, 6) is 0.315. The standard InChI is InChI=1S/C8H7NO.BrClHO4P/c10-8-5-9-7-4-2-1-3-6(7)8;1-5-7(3,4)6-2/h1-5,9-10H;(H,3,4). The second kappa shape index (κ2) is 6.39. The summed E-state index contributed by atoms with van der Waals surface area (Å²) in [5, 5.41) is 10.1. The Balaban J connectivity index is 0.000000185. The zero-order valence-electron chi connectivity index (χ0n) is 8.21. The molecular weight excluding hydrogens is 336 g/mol. The van der Waals surface area contributed by atoms with Crippen molar-refractivity contribution >= 4 is 46.9 Å². The minimum Gasteiger partial charge on any atom is -0.506 e. The number of fused-ring (bicyclic) bond motifs is 1. The van der Waals surface area contributed by atoms with Gasteiger partial charge in [0.1, 0.15) is 22.0 Å². The molecule has 0 aliphatic rings. The highest BCUT2D eigenvalue weighted by Crippen LogP contribution is 2.46. The third kappa shape index (κ3) is 4.31. The topological polar surface area (TPSA) is 91.8 Å². The van der Waals surface area contributed by atoms with E-state index in [4.69, 9.17) is 4.89 Å². The van der Waals surface area contributed by atoms with E-state index >= 15 is 0 Å². The Morgan fingerprint density at radius 1 is 1.41 bits per heavy atom. The van der Waals surface area contributed by atoms with Gasteiger partial charge in [-0.25, -0.2) is 8.18 Å². The first-order chi connectivity index (χ1) is 8.00. The lowest BCUT2D eigenvalue weighted by Crippen LogP contribution is -1.73. The number of hydrogen-bond donors (Lipinski definition) is 3. The van der Waals surface area contributed by atoms with Gasteiger partial charge in [0, 0.05) is 17.1 Å². The largest absolute Gasteiger partial charge is 0.506 e. The van der Waals surface area contributed by atoms with Crippen molar-refractivity contribution in [1.29, 1.82) is 0 Å². The van der Waals surface area contributed by atoms with Crippen LogP contribution in [-0.2, 0) is 12.3 Å². The van der Waals surface area contributed by atoms with Crippen LogP contribution in [0.2, 0.25) is 0 Å². The van der Waals surface area contributed by atoms with E-state index < -0.39 is 7.82 Å². The molecule has 0 aliphatic carbocycles. The number of H-pyrrole nitrogens is 1. The summed E-state index contributed by atoms with van der Waals surface area (Å²) in [6.45, 7) is 0. The Labute approximate surface area is 110 Å². The molecule has 0 saturated carbocycles. The summed E-state index contributed by atoms with van der Waals surface area (Å²) in [7, 11) is -3.97. The zero-order chi connectivity index (χ0) is 12.9. The van der Waals surface area contributed by atoms with Gasteiger partial charge in [-0.05, 0) is 12.1 Å². The van der Waals surface area contributed by atoms with Crippen LogP contribution in [0.15, 0.2) is 30.5 Å². The molecule has 3 N–H and O–H groups in total. The third-order valence-electron chi connectivity index (χ3n) is 1.74. The molecule has 6 nitrogen and oxygen atoms in total. The zero-order valence-corrected chi connectivity index (χ0v) is 11.4. The molecule has 1 unspecified atom stereocenters. The summed E-state index contributed by atoms with van der Waals surface area (Å²) in [5.41, 5.74) is 0.972. The molecule has 1 aromatic heterocycles. The van der Waals surface area contributed by atoms with Crippen LogP contribution in [0.5, 0.6) is 5.75 Å². The van der Waals surface area contributed by atoms with Crippen LogP contribution in [0.3, 0.4) is 0 Å². The highest BCUT2D eigenvalue weighted by Gasteiger charge is 2.18. The van der Waals surface area contributed by atoms with E-state index in [1.54, 1.807) is 6.20 Å². The molecular formula is C8H8BrClNO5P. The molecule has 1 atom stereocenters. The van der Waals surface area contributed by atoms with Gasteiger partial charge in [-0.3, -0.25) is 0 Å². The molecule has 0 fully saturated rings. The molecule has 1 heterocycles. The number of para-hydroxylation sites is 1. The minimum atomic E-state index is -3.97. The first-order valence-electron chi connectivity index (χ1n) is 4.18. The maximum atomic E-state index is 9.88. The number of hydrogen-bond acceptors (Lipinski definition) is 4. The summed E-state index contributed by atoms with van der Waals surface area (Å²) in [6, 6.07) is 7.63. The van der Waals surface area contributed by atoms with Gasteiger partial charge in [-0.1, -0.05) is 12.1 Å². The van der Waals surface area contributed by atoms with Gasteiger partial charge in [-0.2, -0.15) is 4.08 Å². The fourth-order valence-electron chi connectivity index (χ4n) is 1.07. The number of aromatic nitrogens is 1. The Bertz CT molecular complexity index is 525. The normalized spacial score (nSPS) is 13.8. The number of nitrogens with one attached hydrogen (secondary N) is 1. The third-order valence-corrected chi connectivity index (χ3v) is 3.71. The highest BCUT2D eigenvalue weighted by molar-refractivity contribution is 9.06. The lowest BCUT2D eigenvalue weighted by molar-refractivity contribution is 0.322. The van der Waals surface area contributed by atoms with Gasteiger partial charge < -0.3 is 15.0 Å². The molecule has 9 heteroatoms. The quantitative estimate of drug-likeness (QED) is 0.726. The van der Waals surface area contributed by atoms with Crippen molar-refractivity contribution in [3.63, 3.8) is 0 Å². The van der Waals surface area contributed by atoms with Crippen LogP contribution in [0.25, 0.3) is 10.9 Å². The average molecular weight is 344 g/mol. The van der Waals surface area contributed by atoms with Crippen molar-refractivity contribution in [3.05, 3.63) is 30.5 Å². The molecule has 0 bridgehead atoms. The molecule has 1 aromatic carbocycles. The van der Waals surface area contributed by atoms with Crippen LogP contribution < -0.4 is 0 Å². The van der Waals surface area contributed by atoms with E-state index in [0.717, 1.165) is 10.9 Å². The second-order valence-corrected chi connectivity index (χ2v) is 5.32. The lowest BCUT2D eigenvalue weighted by Gasteiger charge is -1.96. The van der Waals surface area contributed by atoms with Crippen molar-refractivity contribution in [2.24, 2.45) is 0 Å². The number of halogens is 2. The van der Waals surface area contributed by atoms with E-state index in [9.17, 15) is 9.67 Å². The first-order valence-corrected chi connectivity index (χ1v) is 6.64. The van der Waals surface area contributed by atoms with Crippen LogP contribution >= 0.6 is 35.9 Å². The van der Waals surface area contributed by atoms with Crippen molar-refractivity contribution in [1.82, 2.24) is 4.98 Å². The van der Waals surface area contributed by atoms with E-state index in [2.05, 4.69) is 40.8 Å². The number of rotatable bonds is 2. The fourth-order valence-corrected chi connectivity index (χ4v) is 1.55. The van der Waals surface area contributed by atoms with Gasteiger partial charge in [0.15, 0.2) is 0 Å². The molecule has 0 saturated heterocycles. The average Bonchev–Trinajstić information content (AvgIpc) is 2.73. The van der Waals surface area contributed by atoms with Gasteiger partial charge >= 0.3 is 7.82 Å². The molecule has 17 heavy (non-hydrogen) atoms. The van der Waals surface area contributed by atoms with Gasteiger partial charge in [0.05, 0.1) is 11.9 Å².